The molecule has 1 atom stereocenters. The summed E-state index contributed by atoms with van der Waals surface area (Å²) in [4.78, 5) is 26.2. The molecule has 0 bridgehead atoms. The number of carbonyl (C=O) groups is 2. The fourth-order valence-electron chi connectivity index (χ4n) is 2.42. The summed E-state index contributed by atoms with van der Waals surface area (Å²) in [7, 11) is 0. The summed E-state index contributed by atoms with van der Waals surface area (Å²) >= 11 is 0. The van der Waals surface area contributed by atoms with Gasteiger partial charge >= 0.3 is 0 Å². The Morgan fingerprint density at radius 1 is 1.28 bits per heavy atom. The van der Waals surface area contributed by atoms with Crippen LogP contribution in [0, 0.1) is 0 Å². The molecular weight excluding hydrogens is 228 g/mol. The molecule has 0 saturated carbocycles. The largest absolute Gasteiger partial charge is 0.368 e. The van der Waals surface area contributed by atoms with Crippen LogP contribution < -0.4 is 4.90 Å². The van der Waals surface area contributed by atoms with Gasteiger partial charge in [0.15, 0.2) is 0 Å². The zero-order valence-electron chi connectivity index (χ0n) is 10.8. The molecule has 1 saturated heterocycles. The van der Waals surface area contributed by atoms with E-state index in [4.69, 9.17) is 0 Å². The van der Waals surface area contributed by atoms with Crippen molar-refractivity contribution in [1.29, 1.82) is 0 Å². The van der Waals surface area contributed by atoms with Crippen molar-refractivity contribution < 1.29 is 9.59 Å². The molecule has 0 N–H and O–H groups in total. The number of anilines is 1. The number of hydrogen-bond acceptors (Lipinski definition) is 3. The van der Waals surface area contributed by atoms with Gasteiger partial charge in [-0.1, -0.05) is 0 Å². The van der Waals surface area contributed by atoms with Crippen molar-refractivity contribution >= 4 is 17.9 Å². The Bertz CT molecular complexity index is 442. The van der Waals surface area contributed by atoms with E-state index in [0.29, 0.717) is 5.56 Å². The lowest BCUT2D eigenvalue weighted by Gasteiger charge is -2.40. The van der Waals surface area contributed by atoms with Crippen LogP contribution in [0.3, 0.4) is 0 Å². The summed E-state index contributed by atoms with van der Waals surface area (Å²) in [6.07, 6.45) is 0.847. The number of amides is 1. The van der Waals surface area contributed by atoms with Gasteiger partial charge in [0.05, 0.1) is 0 Å². The maximum absolute atomic E-state index is 11.4. The molecule has 0 aliphatic carbocycles. The van der Waals surface area contributed by atoms with Crippen molar-refractivity contribution in [3.05, 3.63) is 29.8 Å². The van der Waals surface area contributed by atoms with E-state index in [1.807, 2.05) is 29.2 Å². The first kappa shape index (κ1) is 12.6. The van der Waals surface area contributed by atoms with Crippen LogP contribution in [0.1, 0.15) is 24.2 Å². The van der Waals surface area contributed by atoms with E-state index in [-0.39, 0.29) is 11.9 Å². The molecular formula is C14H18N2O2. The third-order valence-electron chi connectivity index (χ3n) is 3.43. The lowest BCUT2D eigenvalue weighted by Crippen LogP contribution is -2.53. The van der Waals surface area contributed by atoms with Gasteiger partial charge in [-0.15, -0.1) is 0 Å². The fraction of sp³-hybridized carbons (Fsp3) is 0.429. The van der Waals surface area contributed by atoms with Gasteiger partial charge in [-0.3, -0.25) is 9.59 Å². The lowest BCUT2D eigenvalue weighted by atomic mass is 10.1. The molecule has 4 nitrogen and oxygen atoms in total. The number of rotatable bonds is 2. The van der Waals surface area contributed by atoms with Crippen molar-refractivity contribution in [2.45, 2.75) is 19.9 Å². The fourth-order valence-corrected chi connectivity index (χ4v) is 2.42. The van der Waals surface area contributed by atoms with Crippen molar-refractivity contribution in [3.8, 4) is 0 Å². The SMILES string of the molecule is CC(=O)N1CCN(c2ccc(C=O)cc2)CC1C. The van der Waals surface area contributed by atoms with Crippen LogP contribution in [0.25, 0.3) is 0 Å². The Morgan fingerprint density at radius 2 is 1.94 bits per heavy atom. The first-order valence-corrected chi connectivity index (χ1v) is 6.19. The Labute approximate surface area is 107 Å². The van der Waals surface area contributed by atoms with Crippen LogP contribution in [0.15, 0.2) is 24.3 Å². The van der Waals surface area contributed by atoms with E-state index in [1.54, 1.807) is 6.92 Å². The van der Waals surface area contributed by atoms with Gasteiger partial charge in [-0.25, -0.2) is 0 Å². The molecule has 1 amide bonds. The van der Waals surface area contributed by atoms with Gasteiger partial charge in [0.25, 0.3) is 0 Å². The Kier molecular flexibility index (Phi) is 3.65. The maximum Gasteiger partial charge on any atom is 0.219 e. The van der Waals surface area contributed by atoms with E-state index in [2.05, 4.69) is 11.8 Å². The third-order valence-corrected chi connectivity index (χ3v) is 3.43. The zero-order chi connectivity index (χ0) is 13.1. The van der Waals surface area contributed by atoms with Gasteiger partial charge < -0.3 is 9.80 Å². The van der Waals surface area contributed by atoms with Crippen LogP contribution in [-0.4, -0.2) is 42.8 Å². The predicted octanol–water partition coefficient (Wildman–Crippen LogP) is 1.56. The van der Waals surface area contributed by atoms with E-state index in [1.165, 1.54) is 0 Å². The topological polar surface area (TPSA) is 40.6 Å². The molecule has 0 aromatic heterocycles. The number of piperazine rings is 1. The molecule has 4 heteroatoms. The summed E-state index contributed by atoms with van der Waals surface area (Å²) in [5.41, 5.74) is 1.80. The minimum absolute atomic E-state index is 0.137. The average molecular weight is 246 g/mol. The smallest absolute Gasteiger partial charge is 0.219 e. The normalized spacial score (nSPS) is 19.8. The van der Waals surface area contributed by atoms with Crippen molar-refractivity contribution in [1.82, 2.24) is 4.90 Å². The van der Waals surface area contributed by atoms with Gasteiger partial charge in [-0.2, -0.15) is 0 Å². The highest BCUT2D eigenvalue weighted by molar-refractivity contribution is 5.76. The molecule has 2 rings (SSSR count). The minimum atomic E-state index is 0.137. The molecule has 18 heavy (non-hydrogen) atoms. The van der Waals surface area contributed by atoms with Crippen LogP contribution in [0.5, 0.6) is 0 Å². The average Bonchev–Trinajstić information content (AvgIpc) is 2.38. The van der Waals surface area contributed by atoms with E-state index >= 15 is 0 Å². The van der Waals surface area contributed by atoms with Crippen molar-refractivity contribution in [2.75, 3.05) is 24.5 Å². The molecule has 1 aromatic carbocycles. The molecule has 1 unspecified atom stereocenters. The van der Waals surface area contributed by atoms with Crippen LogP contribution >= 0.6 is 0 Å². The first-order valence-electron chi connectivity index (χ1n) is 6.19. The monoisotopic (exact) mass is 246 g/mol. The summed E-state index contributed by atoms with van der Waals surface area (Å²) in [5, 5.41) is 0. The van der Waals surface area contributed by atoms with Gasteiger partial charge in [0, 0.05) is 43.9 Å². The number of benzene rings is 1. The van der Waals surface area contributed by atoms with Crippen LogP contribution in [-0.2, 0) is 4.79 Å². The van der Waals surface area contributed by atoms with E-state index < -0.39 is 0 Å². The highest BCUT2D eigenvalue weighted by atomic mass is 16.2. The van der Waals surface area contributed by atoms with E-state index in [9.17, 15) is 9.59 Å². The summed E-state index contributed by atoms with van der Waals surface area (Å²) in [5.74, 6) is 0.137. The molecule has 1 heterocycles. The lowest BCUT2D eigenvalue weighted by molar-refractivity contribution is -0.131. The maximum atomic E-state index is 11.4. The molecule has 1 fully saturated rings. The first-order chi connectivity index (χ1) is 8.61. The summed E-state index contributed by atoms with van der Waals surface area (Å²) in [6, 6.07) is 7.79. The number of hydrogen-bond donors (Lipinski definition) is 0. The molecule has 1 aliphatic rings. The Balaban J connectivity index is 2.07. The van der Waals surface area contributed by atoms with Crippen molar-refractivity contribution in [3.63, 3.8) is 0 Å². The van der Waals surface area contributed by atoms with Crippen LogP contribution in [0.2, 0.25) is 0 Å². The zero-order valence-corrected chi connectivity index (χ0v) is 10.8. The predicted molar refractivity (Wildman–Crippen MR) is 70.9 cm³/mol. The van der Waals surface area contributed by atoms with Gasteiger partial charge in [-0.05, 0) is 31.2 Å². The molecule has 1 aromatic rings. The second-order valence-electron chi connectivity index (χ2n) is 4.72. The number of aldehydes is 1. The number of nitrogens with zero attached hydrogens (tertiary/aromatic N) is 2. The van der Waals surface area contributed by atoms with Gasteiger partial charge in [0.1, 0.15) is 6.29 Å². The molecule has 96 valence electrons. The quantitative estimate of drug-likeness (QED) is 0.743. The minimum Gasteiger partial charge on any atom is -0.368 e. The molecule has 0 spiro atoms. The summed E-state index contributed by atoms with van der Waals surface area (Å²) < 4.78 is 0. The second-order valence-corrected chi connectivity index (χ2v) is 4.72. The Morgan fingerprint density at radius 3 is 2.44 bits per heavy atom. The summed E-state index contributed by atoms with van der Waals surface area (Å²) in [6.45, 7) is 6.11. The third kappa shape index (κ3) is 2.53. The van der Waals surface area contributed by atoms with Crippen molar-refractivity contribution in [2.24, 2.45) is 0 Å². The second kappa shape index (κ2) is 5.21. The Hall–Kier alpha value is -1.84. The highest BCUT2D eigenvalue weighted by Gasteiger charge is 2.25. The highest BCUT2D eigenvalue weighted by Crippen LogP contribution is 2.19. The molecule has 0 radical (unpaired) electrons. The standard InChI is InChI=1S/C14H18N2O2/c1-11-9-15(7-8-16(11)12(2)18)14-5-3-13(10-17)4-6-14/h3-6,10-11H,7-9H2,1-2H3. The van der Waals surface area contributed by atoms with E-state index in [0.717, 1.165) is 31.6 Å². The number of carbonyl (C=O) groups excluding carboxylic acids is 2. The van der Waals surface area contributed by atoms with Gasteiger partial charge in [0.2, 0.25) is 5.91 Å². The van der Waals surface area contributed by atoms with Crippen LogP contribution in [0.4, 0.5) is 5.69 Å². The molecule has 1 aliphatic heterocycles.